The van der Waals surface area contributed by atoms with E-state index in [2.05, 4.69) is 4.57 Å². The largest absolute Gasteiger partial charge is 0.325 e. The molecule has 0 fully saturated rings. The lowest BCUT2D eigenvalue weighted by Crippen LogP contribution is -2.23. The monoisotopic (exact) mass is 361 g/mol. The molecule has 0 saturated heterocycles. The highest BCUT2D eigenvalue weighted by atomic mass is 19.1. The van der Waals surface area contributed by atoms with Crippen molar-refractivity contribution < 1.29 is 4.39 Å². The first-order valence-electron chi connectivity index (χ1n) is 8.87. The maximum atomic E-state index is 14.3. The van der Waals surface area contributed by atoms with Crippen molar-refractivity contribution in [2.24, 2.45) is 0 Å². The zero-order chi connectivity index (χ0) is 19.1. The summed E-state index contributed by atoms with van der Waals surface area (Å²) in [5.41, 5.74) is 3.63. The van der Waals surface area contributed by atoms with E-state index in [1.165, 1.54) is 10.6 Å². The van der Waals surface area contributed by atoms with Crippen LogP contribution in [0.2, 0.25) is 0 Å². The molecule has 136 valence electrons. The van der Waals surface area contributed by atoms with Crippen molar-refractivity contribution in [3.05, 3.63) is 93.4 Å². The van der Waals surface area contributed by atoms with E-state index < -0.39 is 5.82 Å². The third kappa shape index (κ3) is 2.76. The Morgan fingerprint density at radius 2 is 1.63 bits per heavy atom. The Kier molecular flexibility index (Phi) is 4.15. The number of aromatic nitrogens is 3. The van der Waals surface area contributed by atoms with Crippen LogP contribution in [0.5, 0.6) is 0 Å². The molecule has 4 rings (SSSR count). The molecule has 0 aliphatic carbocycles. The van der Waals surface area contributed by atoms with Crippen molar-refractivity contribution in [2.45, 2.75) is 27.3 Å². The van der Waals surface area contributed by atoms with E-state index in [1.54, 1.807) is 25.1 Å². The molecule has 5 heteroatoms. The smallest absolute Gasteiger partial charge is 0.267 e. The molecule has 0 unspecified atom stereocenters. The summed E-state index contributed by atoms with van der Waals surface area (Å²) in [7, 11) is 0. The summed E-state index contributed by atoms with van der Waals surface area (Å²) in [6, 6.07) is 16.3. The molecule has 0 bridgehead atoms. The van der Waals surface area contributed by atoms with Gasteiger partial charge in [0.2, 0.25) is 0 Å². The zero-order valence-corrected chi connectivity index (χ0v) is 15.5. The van der Waals surface area contributed by atoms with Crippen LogP contribution in [-0.2, 0) is 6.54 Å². The summed E-state index contributed by atoms with van der Waals surface area (Å²) in [5.74, 6) is 0.0198. The third-order valence-corrected chi connectivity index (χ3v) is 5.09. The number of para-hydroxylation sites is 1. The first kappa shape index (κ1) is 17.2. The van der Waals surface area contributed by atoms with E-state index >= 15 is 0 Å². The zero-order valence-electron chi connectivity index (χ0n) is 15.5. The summed E-state index contributed by atoms with van der Waals surface area (Å²) in [6.07, 6.45) is 0. The maximum Gasteiger partial charge on any atom is 0.267 e. The molecule has 2 aromatic carbocycles. The highest BCUT2D eigenvalue weighted by molar-refractivity contribution is 5.81. The van der Waals surface area contributed by atoms with Gasteiger partial charge in [0.1, 0.15) is 17.3 Å². The number of halogens is 1. The van der Waals surface area contributed by atoms with Crippen LogP contribution in [0.4, 0.5) is 4.39 Å². The highest BCUT2D eigenvalue weighted by Crippen LogP contribution is 2.24. The van der Waals surface area contributed by atoms with Crippen molar-refractivity contribution in [2.75, 3.05) is 0 Å². The van der Waals surface area contributed by atoms with Crippen molar-refractivity contribution in [3.63, 3.8) is 0 Å². The molecule has 0 amide bonds. The first-order valence-corrected chi connectivity index (χ1v) is 8.87. The molecule has 0 spiro atoms. The van der Waals surface area contributed by atoms with Crippen LogP contribution < -0.4 is 5.56 Å². The van der Waals surface area contributed by atoms with E-state index in [4.69, 9.17) is 4.98 Å². The predicted molar refractivity (Wildman–Crippen MR) is 105 cm³/mol. The molecule has 0 atom stereocenters. The molecule has 27 heavy (non-hydrogen) atoms. The Hall–Kier alpha value is -3.21. The standard InChI is InChI=1S/C22H20FN3O/c1-14-15(2)25(13-17-9-5-4-6-10-17)21-20(14)22(27)26(16(3)24-21)19-12-8-7-11-18(19)23/h4-12H,13H2,1-3H3. The minimum atomic E-state index is -0.443. The van der Waals surface area contributed by atoms with Crippen LogP contribution in [0.1, 0.15) is 22.6 Å². The minimum Gasteiger partial charge on any atom is -0.325 e. The lowest BCUT2D eigenvalue weighted by Gasteiger charge is -2.12. The summed E-state index contributed by atoms with van der Waals surface area (Å²) in [6.45, 7) is 6.27. The van der Waals surface area contributed by atoms with Gasteiger partial charge in [-0.05, 0) is 44.0 Å². The van der Waals surface area contributed by atoms with Gasteiger partial charge in [0.15, 0.2) is 0 Å². The van der Waals surface area contributed by atoms with Crippen molar-refractivity contribution in [1.29, 1.82) is 0 Å². The number of benzene rings is 2. The quantitative estimate of drug-likeness (QED) is 0.546. The molecule has 0 saturated carbocycles. The summed E-state index contributed by atoms with van der Waals surface area (Å²) < 4.78 is 17.7. The fourth-order valence-electron chi connectivity index (χ4n) is 3.56. The first-order chi connectivity index (χ1) is 13.0. The van der Waals surface area contributed by atoms with E-state index in [0.717, 1.165) is 16.8 Å². The van der Waals surface area contributed by atoms with Gasteiger partial charge in [-0.1, -0.05) is 42.5 Å². The lowest BCUT2D eigenvalue weighted by molar-refractivity contribution is 0.613. The van der Waals surface area contributed by atoms with E-state index in [1.807, 2.05) is 44.2 Å². The molecule has 2 heterocycles. The van der Waals surface area contributed by atoms with Gasteiger partial charge >= 0.3 is 0 Å². The van der Waals surface area contributed by atoms with Gasteiger partial charge in [-0.2, -0.15) is 0 Å². The van der Waals surface area contributed by atoms with Gasteiger partial charge in [-0.15, -0.1) is 0 Å². The third-order valence-electron chi connectivity index (χ3n) is 5.09. The average Bonchev–Trinajstić information content (AvgIpc) is 2.89. The van der Waals surface area contributed by atoms with Crippen molar-refractivity contribution in [1.82, 2.24) is 14.1 Å². The molecule has 4 aromatic rings. The highest BCUT2D eigenvalue weighted by Gasteiger charge is 2.20. The van der Waals surface area contributed by atoms with Gasteiger partial charge in [-0.3, -0.25) is 9.36 Å². The lowest BCUT2D eigenvalue weighted by atomic mass is 10.2. The Morgan fingerprint density at radius 1 is 0.963 bits per heavy atom. The molecule has 0 aliphatic rings. The van der Waals surface area contributed by atoms with Crippen LogP contribution in [0.25, 0.3) is 16.7 Å². The number of nitrogens with zero attached hydrogens (tertiary/aromatic N) is 3. The molecule has 0 aliphatic heterocycles. The number of hydrogen-bond acceptors (Lipinski definition) is 2. The Morgan fingerprint density at radius 3 is 2.33 bits per heavy atom. The van der Waals surface area contributed by atoms with Gasteiger partial charge in [0, 0.05) is 12.2 Å². The SMILES string of the molecule is Cc1c(C)n(Cc2ccccc2)c2nc(C)n(-c3ccccc3F)c(=O)c12. The molecular weight excluding hydrogens is 341 g/mol. The second kappa shape index (κ2) is 6.50. The fraction of sp³-hybridized carbons (Fsp3) is 0.182. The topological polar surface area (TPSA) is 39.8 Å². The summed E-state index contributed by atoms with van der Waals surface area (Å²) >= 11 is 0. The number of hydrogen-bond donors (Lipinski definition) is 0. The molecular formula is C22H20FN3O. The number of aryl methyl sites for hydroxylation is 2. The molecule has 4 nitrogen and oxygen atoms in total. The van der Waals surface area contributed by atoms with Gasteiger partial charge in [-0.25, -0.2) is 9.37 Å². The maximum absolute atomic E-state index is 14.3. The van der Waals surface area contributed by atoms with Crippen LogP contribution in [0.3, 0.4) is 0 Å². The van der Waals surface area contributed by atoms with Crippen molar-refractivity contribution >= 4 is 11.0 Å². The second-order valence-corrected chi connectivity index (χ2v) is 6.73. The summed E-state index contributed by atoms with van der Waals surface area (Å²) in [5, 5.41) is 0.539. The fourth-order valence-corrected chi connectivity index (χ4v) is 3.56. The second-order valence-electron chi connectivity index (χ2n) is 6.73. The molecule has 0 radical (unpaired) electrons. The number of fused-ring (bicyclic) bond motifs is 1. The predicted octanol–water partition coefficient (Wildman–Crippen LogP) is 4.30. The van der Waals surface area contributed by atoms with Crippen LogP contribution >= 0.6 is 0 Å². The normalized spacial score (nSPS) is 11.3. The van der Waals surface area contributed by atoms with Crippen molar-refractivity contribution in [3.8, 4) is 5.69 Å². The Labute approximate surface area is 156 Å². The number of rotatable bonds is 3. The van der Waals surface area contributed by atoms with Gasteiger partial charge < -0.3 is 4.57 Å². The van der Waals surface area contributed by atoms with Crippen LogP contribution in [0.15, 0.2) is 59.4 Å². The van der Waals surface area contributed by atoms with Gasteiger partial charge in [0.05, 0.1) is 11.1 Å². The van der Waals surface area contributed by atoms with Gasteiger partial charge in [0.25, 0.3) is 5.56 Å². The Balaban J connectivity index is 1.99. The van der Waals surface area contributed by atoms with E-state index in [9.17, 15) is 9.18 Å². The van der Waals surface area contributed by atoms with Crippen LogP contribution in [0, 0.1) is 26.6 Å². The van der Waals surface area contributed by atoms with Crippen LogP contribution in [-0.4, -0.2) is 14.1 Å². The van der Waals surface area contributed by atoms with E-state index in [-0.39, 0.29) is 11.2 Å². The Bertz CT molecular complexity index is 1210. The minimum absolute atomic E-state index is 0.224. The average molecular weight is 361 g/mol. The van der Waals surface area contributed by atoms with E-state index in [0.29, 0.717) is 23.4 Å². The molecule has 2 aromatic heterocycles. The summed E-state index contributed by atoms with van der Waals surface area (Å²) in [4.78, 5) is 18.0. The molecule has 0 N–H and O–H groups in total.